The number of nitrogens with zero attached hydrogens (tertiary/aromatic N) is 5. The zero-order valence-electron chi connectivity index (χ0n) is 15.6. The number of anilines is 1. The molecule has 1 aliphatic carbocycles. The number of unbranched alkanes of at least 4 members (excludes halogenated alkanes) is 2. The van der Waals surface area contributed by atoms with Gasteiger partial charge >= 0.3 is 0 Å². The highest BCUT2D eigenvalue weighted by atomic mass is 32.1. The molecule has 0 atom stereocenters. The summed E-state index contributed by atoms with van der Waals surface area (Å²) < 4.78 is 0. The van der Waals surface area contributed by atoms with E-state index in [1.165, 1.54) is 24.2 Å². The molecule has 0 aliphatic heterocycles. The van der Waals surface area contributed by atoms with E-state index in [0.29, 0.717) is 16.7 Å². The third kappa shape index (κ3) is 5.00. The smallest absolute Gasteiger partial charge is 0.251 e. The van der Waals surface area contributed by atoms with E-state index in [2.05, 4.69) is 39.2 Å². The van der Waals surface area contributed by atoms with Gasteiger partial charge in [0, 0.05) is 30.8 Å². The molecule has 1 saturated carbocycles. The highest BCUT2D eigenvalue weighted by Crippen LogP contribution is 2.42. The first kappa shape index (κ1) is 18.8. The Morgan fingerprint density at radius 2 is 1.85 bits per heavy atom. The minimum atomic E-state index is 0.149. The Morgan fingerprint density at radius 3 is 2.46 bits per heavy atom. The molecule has 1 aromatic carbocycles. The molecule has 140 valence electrons. The maximum atomic E-state index is 10.4. The quantitative estimate of drug-likeness (QED) is 0.523. The first-order valence-electron chi connectivity index (χ1n) is 9.54. The summed E-state index contributed by atoms with van der Waals surface area (Å²) in [4.78, 5) is 2.33. The number of rotatable bonds is 10. The molecule has 1 aliphatic rings. The fourth-order valence-electron chi connectivity index (χ4n) is 2.72. The van der Waals surface area contributed by atoms with Gasteiger partial charge in [-0.15, -0.1) is 20.4 Å². The normalized spacial score (nSPS) is 14.2. The Morgan fingerprint density at radius 1 is 1.12 bits per heavy atom. The zero-order chi connectivity index (χ0) is 18.4. The second-order valence-corrected chi connectivity index (χ2v) is 7.75. The van der Waals surface area contributed by atoms with Gasteiger partial charge in [0.2, 0.25) is 0 Å². The van der Waals surface area contributed by atoms with Gasteiger partial charge < -0.3 is 10.0 Å². The maximum absolute atomic E-state index is 10.4. The SMILES string of the molecule is CCCCN(CCCC)c1ccc(N=Nc2nnc(C3CC3)s2)c(O)c1. The van der Waals surface area contributed by atoms with Crippen molar-refractivity contribution in [2.24, 2.45) is 10.2 Å². The van der Waals surface area contributed by atoms with Gasteiger partial charge in [0.15, 0.2) is 0 Å². The number of hydrogen-bond acceptors (Lipinski definition) is 7. The van der Waals surface area contributed by atoms with Crippen molar-refractivity contribution in [3.05, 3.63) is 23.2 Å². The average Bonchev–Trinajstić information content (AvgIpc) is 3.39. The molecular weight excluding hydrogens is 346 g/mol. The second-order valence-electron chi connectivity index (χ2n) is 6.76. The van der Waals surface area contributed by atoms with E-state index in [9.17, 15) is 5.11 Å². The minimum absolute atomic E-state index is 0.149. The van der Waals surface area contributed by atoms with Gasteiger partial charge in [-0.1, -0.05) is 38.0 Å². The summed E-state index contributed by atoms with van der Waals surface area (Å²) in [5.74, 6) is 0.720. The van der Waals surface area contributed by atoms with Crippen molar-refractivity contribution in [2.45, 2.75) is 58.3 Å². The van der Waals surface area contributed by atoms with Crippen molar-refractivity contribution in [1.29, 1.82) is 0 Å². The molecule has 0 saturated heterocycles. The van der Waals surface area contributed by atoms with Crippen LogP contribution in [0.5, 0.6) is 5.75 Å². The van der Waals surface area contributed by atoms with E-state index < -0.39 is 0 Å². The van der Waals surface area contributed by atoms with E-state index in [0.717, 1.165) is 49.5 Å². The molecule has 0 spiro atoms. The molecule has 7 heteroatoms. The van der Waals surface area contributed by atoms with E-state index in [1.807, 2.05) is 12.1 Å². The Balaban J connectivity index is 1.69. The van der Waals surface area contributed by atoms with Gasteiger partial charge in [0.05, 0.1) is 0 Å². The zero-order valence-corrected chi connectivity index (χ0v) is 16.4. The van der Waals surface area contributed by atoms with Crippen molar-refractivity contribution in [3.8, 4) is 5.75 Å². The van der Waals surface area contributed by atoms with Gasteiger partial charge in [-0.25, -0.2) is 0 Å². The second kappa shape index (κ2) is 9.07. The van der Waals surface area contributed by atoms with Crippen LogP contribution in [0.2, 0.25) is 0 Å². The molecule has 1 N–H and O–H groups in total. The lowest BCUT2D eigenvalue weighted by Crippen LogP contribution is -2.25. The van der Waals surface area contributed by atoms with Crippen molar-refractivity contribution in [2.75, 3.05) is 18.0 Å². The van der Waals surface area contributed by atoms with Crippen LogP contribution in [0.25, 0.3) is 0 Å². The van der Waals surface area contributed by atoms with Crippen molar-refractivity contribution in [1.82, 2.24) is 10.2 Å². The topological polar surface area (TPSA) is 74.0 Å². The third-order valence-corrected chi connectivity index (χ3v) is 5.46. The third-order valence-electron chi connectivity index (χ3n) is 4.49. The van der Waals surface area contributed by atoms with Crippen LogP contribution in [0.15, 0.2) is 28.4 Å². The molecule has 1 heterocycles. The number of azo groups is 1. The average molecular weight is 374 g/mol. The molecule has 26 heavy (non-hydrogen) atoms. The predicted molar refractivity (Wildman–Crippen MR) is 106 cm³/mol. The predicted octanol–water partition coefficient (Wildman–Crippen LogP) is 5.94. The monoisotopic (exact) mass is 373 g/mol. The number of phenols is 1. The van der Waals surface area contributed by atoms with E-state index in [1.54, 1.807) is 6.07 Å². The van der Waals surface area contributed by atoms with Gasteiger partial charge in [-0.3, -0.25) is 0 Å². The molecule has 0 amide bonds. The molecule has 0 unspecified atom stereocenters. The van der Waals surface area contributed by atoms with Crippen LogP contribution in [-0.2, 0) is 0 Å². The summed E-state index contributed by atoms with van der Waals surface area (Å²) in [7, 11) is 0. The van der Waals surface area contributed by atoms with Crippen LogP contribution in [0.1, 0.15) is 63.3 Å². The van der Waals surface area contributed by atoms with E-state index in [-0.39, 0.29) is 5.75 Å². The summed E-state index contributed by atoms with van der Waals surface area (Å²) in [6, 6.07) is 5.62. The molecule has 3 rings (SSSR count). The first-order valence-corrected chi connectivity index (χ1v) is 10.4. The van der Waals surface area contributed by atoms with E-state index in [4.69, 9.17) is 0 Å². The summed E-state index contributed by atoms with van der Waals surface area (Å²) in [5.41, 5.74) is 1.50. The van der Waals surface area contributed by atoms with Gasteiger partial charge in [-0.05, 0) is 37.8 Å². The van der Waals surface area contributed by atoms with Gasteiger partial charge in [0.1, 0.15) is 16.4 Å². The van der Waals surface area contributed by atoms with Crippen LogP contribution in [0.3, 0.4) is 0 Å². The highest BCUT2D eigenvalue weighted by Gasteiger charge is 2.27. The number of aromatic hydroxyl groups is 1. The van der Waals surface area contributed by atoms with Crippen LogP contribution in [0.4, 0.5) is 16.5 Å². The fraction of sp³-hybridized carbons (Fsp3) is 0.579. The van der Waals surface area contributed by atoms with Crippen LogP contribution in [0, 0.1) is 0 Å². The number of phenolic OH excluding ortho intramolecular Hbond substituents is 1. The minimum Gasteiger partial charge on any atom is -0.506 e. The Hall–Kier alpha value is -2.02. The van der Waals surface area contributed by atoms with Crippen LogP contribution < -0.4 is 4.90 Å². The number of benzene rings is 1. The maximum Gasteiger partial charge on any atom is 0.251 e. The Labute approximate surface area is 159 Å². The number of aromatic nitrogens is 2. The molecule has 2 aromatic rings. The van der Waals surface area contributed by atoms with Crippen LogP contribution in [-0.4, -0.2) is 28.4 Å². The standard InChI is InChI=1S/C19H27N5OS/c1-3-5-11-24(12-6-4-2)15-9-10-16(17(25)13-15)20-22-19-23-21-18(26-19)14-7-8-14/h9-10,13-14,25H,3-8,11-12H2,1-2H3. The summed E-state index contributed by atoms with van der Waals surface area (Å²) in [6.07, 6.45) is 7.00. The lowest BCUT2D eigenvalue weighted by molar-refractivity contribution is 0.476. The van der Waals surface area contributed by atoms with Crippen molar-refractivity contribution >= 4 is 27.8 Å². The number of hydrogen-bond donors (Lipinski definition) is 1. The van der Waals surface area contributed by atoms with Crippen molar-refractivity contribution in [3.63, 3.8) is 0 Å². The summed E-state index contributed by atoms with van der Waals surface area (Å²) in [6.45, 7) is 6.40. The van der Waals surface area contributed by atoms with Crippen molar-refractivity contribution < 1.29 is 5.11 Å². The van der Waals surface area contributed by atoms with Gasteiger partial charge in [-0.2, -0.15) is 0 Å². The molecule has 0 bridgehead atoms. The largest absolute Gasteiger partial charge is 0.506 e. The Bertz CT molecular complexity index is 733. The lowest BCUT2D eigenvalue weighted by Gasteiger charge is -2.25. The first-order chi connectivity index (χ1) is 12.7. The molecule has 1 fully saturated rings. The fourth-order valence-corrected chi connectivity index (χ4v) is 3.55. The molecule has 6 nitrogen and oxygen atoms in total. The van der Waals surface area contributed by atoms with Crippen LogP contribution >= 0.6 is 11.3 Å². The highest BCUT2D eigenvalue weighted by molar-refractivity contribution is 7.15. The lowest BCUT2D eigenvalue weighted by atomic mass is 10.2. The Kier molecular flexibility index (Phi) is 6.55. The summed E-state index contributed by atoms with van der Waals surface area (Å²) in [5, 5.41) is 28.4. The van der Waals surface area contributed by atoms with Gasteiger partial charge in [0.25, 0.3) is 5.13 Å². The van der Waals surface area contributed by atoms with E-state index >= 15 is 0 Å². The summed E-state index contributed by atoms with van der Waals surface area (Å²) >= 11 is 1.48. The molecule has 0 radical (unpaired) electrons. The molecule has 1 aromatic heterocycles. The molecular formula is C19H27N5OS.